The fourth-order valence-electron chi connectivity index (χ4n) is 3.30. The second-order valence-electron chi connectivity index (χ2n) is 7.35. The van der Waals surface area contributed by atoms with Crippen molar-refractivity contribution in [3.63, 3.8) is 0 Å². The highest BCUT2D eigenvalue weighted by Gasteiger charge is 2.22. The summed E-state index contributed by atoms with van der Waals surface area (Å²) in [6, 6.07) is 21.7. The van der Waals surface area contributed by atoms with Crippen LogP contribution in [0.3, 0.4) is 0 Å². The second kappa shape index (κ2) is 9.58. The number of nitrogens with one attached hydrogen (secondary N) is 2. The monoisotopic (exact) mass is 496 g/mol. The second-order valence-corrected chi connectivity index (χ2v) is 9.44. The van der Waals surface area contributed by atoms with Crippen molar-refractivity contribution in [3.05, 3.63) is 95.3 Å². The maximum absolute atomic E-state index is 13.0. The van der Waals surface area contributed by atoms with Gasteiger partial charge in [0.1, 0.15) is 10.6 Å². The number of aryl methyl sites for hydroxylation is 1. The van der Waals surface area contributed by atoms with Gasteiger partial charge in [0.05, 0.1) is 12.8 Å². The third-order valence-corrected chi connectivity index (χ3v) is 6.58. The van der Waals surface area contributed by atoms with E-state index in [1.165, 1.54) is 19.2 Å². The Labute approximate surface area is 202 Å². The van der Waals surface area contributed by atoms with Gasteiger partial charge in [-0.25, -0.2) is 13.1 Å². The summed E-state index contributed by atoms with van der Waals surface area (Å²) in [6.07, 6.45) is 0. The molecule has 2 N–H and O–H groups in total. The zero-order valence-electron chi connectivity index (χ0n) is 18.3. The molecular weight excluding hydrogens is 476 g/mol. The molecular formula is C24H21ClN4O4S. The zero-order chi connectivity index (χ0) is 24.3. The summed E-state index contributed by atoms with van der Waals surface area (Å²) < 4.78 is 35.4. The number of carbonyl (C=O) groups is 1. The summed E-state index contributed by atoms with van der Waals surface area (Å²) in [6.45, 7) is 1.84. The number of ether oxygens (including phenoxy) is 1. The van der Waals surface area contributed by atoms with Crippen LogP contribution in [0.2, 0.25) is 5.02 Å². The molecule has 0 aliphatic heterocycles. The number of benzene rings is 3. The molecule has 0 atom stereocenters. The van der Waals surface area contributed by atoms with Crippen molar-refractivity contribution in [2.24, 2.45) is 0 Å². The Morgan fingerprint density at radius 3 is 2.32 bits per heavy atom. The molecule has 4 rings (SSSR count). The summed E-state index contributed by atoms with van der Waals surface area (Å²) in [5.74, 6) is -0.347. The first-order valence-corrected chi connectivity index (χ1v) is 12.0. The molecule has 1 heterocycles. The van der Waals surface area contributed by atoms with Crippen LogP contribution in [-0.2, 0) is 10.0 Å². The van der Waals surface area contributed by atoms with E-state index in [9.17, 15) is 13.2 Å². The molecule has 0 aliphatic carbocycles. The molecule has 1 aromatic heterocycles. The number of methoxy groups -OCH3 is 1. The van der Waals surface area contributed by atoms with Crippen LogP contribution in [0.5, 0.6) is 5.75 Å². The number of anilines is 2. The predicted octanol–water partition coefficient (Wildman–Crippen LogP) is 4.90. The van der Waals surface area contributed by atoms with E-state index in [1.807, 2.05) is 37.3 Å². The molecule has 0 saturated carbocycles. The smallest absolute Gasteiger partial charge is 0.276 e. The molecule has 1 amide bonds. The number of sulfonamides is 1. The van der Waals surface area contributed by atoms with Gasteiger partial charge in [-0.15, -0.1) is 0 Å². The molecule has 174 valence electrons. The van der Waals surface area contributed by atoms with Crippen molar-refractivity contribution in [1.82, 2.24) is 9.78 Å². The lowest BCUT2D eigenvalue weighted by Gasteiger charge is -2.13. The van der Waals surface area contributed by atoms with Gasteiger partial charge in [0.25, 0.3) is 15.9 Å². The Hall–Kier alpha value is -3.82. The normalized spacial score (nSPS) is 11.1. The van der Waals surface area contributed by atoms with Crippen LogP contribution in [0.4, 0.5) is 11.4 Å². The Balaban J connectivity index is 1.59. The van der Waals surface area contributed by atoms with Crippen molar-refractivity contribution in [1.29, 1.82) is 0 Å². The number of amides is 1. The molecule has 0 radical (unpaired) electrons. The van der Waals surface area contributed by atoms with Crippen LogP contribution in [0.15, 0.2) is 83.8 Å². The molecule has 0 aliphatic rings. The quantitative estimate of drug-likeness (QED) is 0.379. The van der Waals surface area contributed by atoms with Gasteiger partial charge in [0.2, 0.25) is 0 Å². The third kappa shape index (κ3) is 5.05. The summed E-state index contributed by atoms with van der Waals surface area (Å²) >= 11 is 5.87. The minimum absolute atomic E-state index is 0.128. The topological polar surface area (TPSA) is 102 Å². The van der Waals surface area contributed by atoms with Gasteiger partial charge in [-0.2, -0.15) is 5.10 Å². The minimum atomic E-state index is -4.02. The van der Waals surface area contributed by atoms with Crippen LogP contribution in [0.1, 0.15) is 16.2 Å². The van der Waals surface area contributed by atoms with Gasteiger partial charge < -0.3 is 10.1 Å². The van der Waals surface area contributed by atoms with Gasteiger partial charge >= 0.3 is 0 Å². The highest BCUT2D eigenvalue weighted by atomic mass is 35.5. The van der Waals surface area contributed by atoms with E-state index in [2.05, 4.69) is 15.1 Å². The third-order valence-electron chi connectivity index (χ3n) is 4.93. The van der Waals surface area contributed by atoms with Crippen LogP contribution in [0.25, 0.3) is 5.69 Å². The van der Waals surface area contributed by atoms with Gasteiger partial charge in [-0.1, -0.05) is 29.8 Å². The number of para-hydroxylation sites is 1. The van der Waals surface area contributed by atoms with Crippen molar-refractivity contribution < 1.29 is 17.9 Å². The Bertz CT molecular complexity index is 1440. The molecule has 34 heavy (non-hydrogen) atoms. The molecule has 0 spiro atoms. The standard InChI is InChI=1S/C24H21ClN4O4S/c1-16-14-21(27-29(16)20-6-4-3-5-7-20)24(30)26-19-12-13-22(33-2)23(15-19)34(31,32)28-18-10-8-17(25)9-11-18/h3-15,28H,1-2H3,(H,26,30). The molecule has 0 saturated heterocycles. The van der Waals surface area contributed by atoms with E-state index in [0.29, 0.717) is 10.7 Å². The average Bonchev–Trinajstić information content (AvgIpc) is 3.23. The molecule has 3 aromatic carbocycles. The maximum Gasteiger partial charge on any atom is 0.276 e. The number of rotatable bonds is 7. The molecule has 0 bridgehead atoms. The lowest BCUT2D eigenvalue weighted by molar-refractivity contribution is 0.102. The van der Waals surface area contributed by atoms with Crippen molar-refractivity contribution in [2.45, 2.75) is 11.8 Å². The summed E-state index contributed by atoms with van der Waals surface area (Å²) in [7, 11) is -2.65. The Morgan fingerprint density at radius 2 is 1.65 bits per heavy atom. The van der Waals surface area contributed by atoms with E-state index in [1.54, 1.807) is 41.1 Å². The largest absolute Gasteiger partial charge is 0.495 e. The number of halogens is 1. The zero-order valence-corrected chi connectivity index (χ0v) is 19.9. The number of carbonyl (C=O) groups excluding carboxylic acids is 1. The predicted molar refractivity (Wildman–Crippen MR) is 132 cm³/mol. The Morgan fingerprint density at radius 1 is 0.971 bits per heavy atom. The van der Waals surface area contributed by atoms with E-state index in [4.69, 9.17) is 16.3 Å². The van der Waals surface area contributed by atoms with Crippen molar-refractivity contribution in [3.8, 4) is 11.4 Å². The SMILES string of the molecule is COc1ccc(NC(=O)c2cc(C)n(-c3ccccc3)n2)cc1S(=O)(=O)Nc1ccc(Cl)cc1. The number of aromatic nitrogens is 2. The Kier molecular flexibility index (Phi) is 6.58. The number of nitrogens with zero attached hydrogens (tertiary/aromatic N) is 2. The lowest BCUT2D eigenvalue weighted by atomic mass is 10.3. The van der Waals surface area contributed by atoms with Crippen LogP contribution >= 0.6 is 11.6 Å². The first-order valence-electron chi connectivity index (χ1n) is 10.2. The highest BCUT2D eigenvalue weighted by Crippen LogP contribution is 2.29. The lowest BCUT2D eigenvalue weighted by Crippen LogP contribution is -2.16. The number of hydrogen-bond donors (Lipinski definition) is 2. The molecule has 10 heteroatoms. The highest BCUT2D eigenvalue weighted by molar-refractivity contribution is 7.92. The summed E-state index contributed by atoms with van der Waals surface area (Å²) in [5, 5.41) is 7.57. The van der Waals surface area contributed by atoms with Crippen molar-refractivity contribution >= 4 is 38.9 Å². The van der Waals surface area contributed by atoms with E-state index >= 15 is 0 Å². The first kappa shape index (κ1) is 23.3. The minimum Gasteiger partial charge on any atom is -0.495 e. The molecule has 0 unspecified atom stereocenters. The van der Waals surface area contributed by atoms with Crippen LogP contribution in [0, 0.1) is 6.92 Å². The van der Waals surface area contributed by atoms with E-state index < -0.39 is 15.9 Å². The maximum atomic E-state index is 13.0. The fourth-order valence-corrected chi connectivity index (χ4v) is 4.68. The van der Waals surface area contributed by atoms with Crippen LogP contribution < -0.4 is 14.8 Å². The van der Waals surface area contributed by atoms with Gasteiger partial charge in [-0.05, 0) is 67.6 Å². The fraction of sp³-hybridized carbons (Fsp3) is 0.0833. The van der Waals surface area contributed by atoms with Gasteiger partial charge in [0.15, 0.2) is 5.69 Å². The average molecular weight is 497 g/mol. The van der Waals surface area contributed by atoms with Gasteiger partial charge in [0, 0.05) is 22.1 Å². The van der Waals surface area contributed by atoms with E-state index in [0.717, 1.165) is 11.4 Å². The summed E-state index contributed by atoms with van der Waals surface area (Å²) in [4.78, 5) is 12.7. The van der Waals surface area contributed by atoms with Crippen LogP contribution in [-0.4, -0.2) is 31.2 Å². The van der Waals surface area contributed by atoms with Gasteiger partial charge in [-0.3, -0.25) is 9.52 Å². The summed E-state index contributed by atoms with van der Waals surface area (Å²) in [5.41, 5.74) is 2.41. The number of hydrogen-bond acceptors (Lipinski definition) is 5. The van der Waals surface area contributed by atoms with Crippen molar-refractivity contribution in [2.75, 3.05) is 17.1 Å². The molecule has 8 nitrogen and oxygen atoms in total. The first-order chi connectivity index (χ1) is 16.3. The van der Waals surface area contributed by atoms with E-state index in [-0.39, 0.29) is 22.0 Å². The molecule has 0 fully saturated rings. The molecule has 4 aromatic rings.